The molecule has 90 valence electrons. The number of halogens is 1. The second-order valence-corrected chi connectivity index (χ2v) is 6.41. The molecule has 0 spiro atoms. The van der Waals surface area contributed by atoms with Crippen LogP contribution in [0.15, 0.2) is 26.1 Å². The van der Waals surface area contributed by atoms with E-state index in [0.29, 0.717) is 17.5 Å². The lowest BCUT2D eigenvalue weighted by Crippen LogP contribution is -1.88. The molecule has 0 N–H and O–H groups in total. The van der Waals surface area contributed by atoms with E-state index >= 15 is 0 Å². The highest BCUT2D eigenvalue weighted by Crippen LogP contribution is 2.21. The molecule has 4 nitrogen and oxygen atoms in total. The summed E-state index contributed by atoms with van der Waals surface area (Å²) >= 11 is 6.36. The Morgan fingerprint density at radius 2 is 2.41 bits per heavy atom. The van der Waals surface area contributed by atoms with E-state index in [1.807, 2.05) is 12.3 Å². The van der Waals surface area contributed by atoms with Crippen molar-refractivity contribution in [3.8, 4) is 0 Å². The van der Waals surface area contributed by atoms with Gasteiger partial charge in [0.25, 0.3) is 5.22 Å². The van der Waals surface area contributed by atoms with Crippen LogP contribution in [0, 0.1) is 6.92 Å². The van der Waals surface area contributed by atoms with Gasteiger partial charge in [0.05, 0.1) is 17.1 Å². The van der Waals surface area contributed by atoms with Crippen LogP contribution in [0.4, 0.5) is 0 Å². The maximum atomic E-state index is 5.49. The Hall–Kier alpha value is -0.660. The predicted molar refractivity (Wildman–Crippen MR) is 72.7 cm³/mol. The highest BCUT2D eigenvalue weighted by Gasteiger charge is 2.09. The van der Waals surface area contributed by atoms with Crippen LogP contribution >= 0.6 is 39.0 Å². The van der Waals surface area contributed by atoms with E-state index in [-0.39, 0.29) is 0 Å². The van der Waals surface area contributed by atoms with Crippen molar-refractivity contribution >= 4 is 39.0 Å². The van der Waals surface area contributed by atoms with Gasteiger partial charge in [0.2, 0.25) is 5.89 Å². The van der Waals surface area contributed by atoms with Crippen molar-refractivity contribution < 1.29 is 4.42 Å². The molecule has 0 aromatic carbocycles. The van der Waals surface area contributed by atoms with E-state index in [9.17, 15) is 0 Å². The number of rotatable bonds is 5. The summed E-state index contributed by atoms with van der Waals surface area (Å²) in [5.74, 6) is 1.32. The number of thiazole rings is 1. The van der Waals surface area contributed by atoms with Crippen LogP contribution in [-0.2, 0) is 6.42 Å². The molecule has 17 heavy (non-hydrogen) atoms. The molecule has 0 saturated heterocycles. The SMILES string of the molecule is C=C(Br)CSc1nnc(Cc2csc(C)n2)o1. The zero-order chi connectivity index (χ0) is 12.3. The maximum absolute atomic E-state index is 5.49. The van der Waals surface area contributed by atoms with E-state index in [4.69, 9.17) is 4.42 Å². The van der Waals surface area contributed by atoms with Gasteiger partial charge in [-0.15, -0.1) is 21.5 Å². The summed E-state index contributed by atoms with van der Waals surface area (Å²) in [5.41, 5.74) is 0.970. The normalized spacial score (nSPS) is 10.7. The molecule has 0 fully saturated rings. The number of aryl methyl sites for hydroxylation is 1. The molecule has 2 aromatic heterocycles. The fourth-order valence-electron chi connectivity index (χ4n) is 1.15. The fourth-order valence-corrected chi connectivity index (χ4v) is 2.64. The van der Waals surface area contributed by atoms with E-state index in [1.165, 1.54) is 11.8 Å². The van der Waals surface area contributed by atoms with Crippen molar-refractivity contribution in [1.29, 1.82) is 0 Å². The Morgan fingerprint density at radius 3 is 3.06 bits per heavy atom. The summed E-state index contributed by atoms with van der Waals surface area (Å²) in [5, 5.41) is 11.5. The van der Waals surface area contributed by atoms with E-state index in [0.717, 1.165) is 20.9 Å². The van der Waals surface area contributed by atoms with E-state index in [2.05, 4.69) is 37.7 Å². The van der Waals surface area contributed by atoms with Crippen LogP contribution in [0.2, 0.25) is 0 Å². The first-order chi connectivity index (χ1) is 8.13. The molecule has 0 saturated carbocycles. The first kappa shape index (κ1) is 12.8. The van der Waals surface area contributed by atoms with Gasteiger partial charge in [-0.25, -0.2) is 4.98 Å². The fraction of sp³-hybridized carbons (Fsp3) is 0.300. The molecule has 2 rings (SSSR count). The molecule has 0 aliphatic rings. The van der Waals surface area contributed by atoms with Gasteiger partial charge in [-0.3, -0.25) is 0 Å². The molecular formula is C10H10BrN3OS2. The third-order valence-corrected chi connectivity index (χ3v) is 4.18. The zero-order valence-corrected chi connectivity index (χ0v) is 12.4. The molecule has 0 aliphatic carbocycles. The minimum Gasteiger partial charge on any atom is -0.416 e. The van der Waals surface area contributed by atoms with Crippen LogP contribution < -0.4 is 0 Å². The van der Waals surface area contributed by atoms with Gasteiger partial charge in [-0.2, -0.15) is 0 Å². The summed E-state index contributed by atoms with van der Waals surface area (Å²) in [6.07, 6.45) is 0.590. The third-order valence-electron chi connectivity index (χ3n) is 1.80. The molecule has 2 aromatic rings. The molecule has 7 heteroatoms. The Balaban J connectivity index is 1.96. The van der Waals surface area contributed by atoms with Gasteiger partial charge >= 0.3 is 0 Å². The van der Waals surface area contributed by atoms with Crippen LogP contribution in [-0.4, -0.2) is 20.9 Å². The minimum absolute atomic E-state index is 0.563. The van der Waals surface area contributed by atoms with Crippen molar-refractivity contribution in [3.63, 3.8) is 0 Å². The molecule has 0 bridgehead atoms. The quantitative estimate of drug-likeness (QED) is 0.785. The van der Waals surface area contributed by atoms with E-state index in [1.54, 1.807) is 11.3 Å². The first-order valence-corrected chi connectivity index (χ1v) is 7.49. The molecule has 0 unspecified atom stereocenters. The lowest BCUT2D eigenvalue weighted by molar-refractivity contribution is 0.419. The van der Waals surface area contributed by atoms with Gasteiger partial charge in [0.15, 0.2) is 0 Å². The van der Waals surface area contributed by atoms with Crippen molar-refractivity contribution in [2.75, 3.05) is 5.75 Å². The Kier molecular flexibility index (Phi) is 4.36. The van der Waals surface area contributed by atoms with Crippen molar-refractivity contribution in [1.82, 2.24) is 15.2 Å². The third kappa shape index (κ3) is 3.93. The Labute approximate surface area is 116 Å². The minimum atomic E-state index is 0.563. The van der Waals surface area contributed by atoms with Crippen molar-refractivity contribution in [2.24, 2.45) is 0 Å². The topological polar surface area (TPSA) is 51.8 Å². The molecule has 2 heterocycles. The molecule has 0 amide bonds. The Bertz CT molecular complexity index is 523. The van der Waals surface area contributed by atoms with Crippen LogP contribution in [0.25, 0.3) is 0 Å². The van der Waals surface area contributed by atoms with Gasteiger partial charge in [-0.05, 0) is 11.4 Å². The monoisotopic (exact) mass is 331 g/mol. The Morgan fingerprint density at radius 1 is 1.59 bits per heavy atom. The first-order valence-electron chi connectivity index (χ1n) is 4.83. The number of aromatic nitrogens is 3. The molecule has 0 atom stereocenters. The average molecular weight is 332 g/mol. The second kappa shape index (κ2) is 5.79. The highest BCUT2D eigenvalue weighted by molar-refractivity contribution is 9.11. The van der Waals surface area contributed by atoms with Gasteiger partial charge in [-0.1, -0.05) is 34.3 Å². The number of hydrogen-bond acceptors (Lipinski definition) is 6. The maximum Gasteiger partial charge on any atom is 0.276 e. The lowest BCUT2D eigenvalue weighted by Gasteiger charge is -1.92. The lowest BCUT2D eigenvalue weighted by atomic mass is 10.3. The zero-order valence-electron chi connectivity index (χ0n) is 9.14. The summed E-state index contributed by atoms with van der Waals surface area (Å²) in [4.78, 5) is 4.35. The molecule has 0 aliphatic heterocycles. The van der Waals surface area contributed by atoms with Crippen LogP contribution in [0.5, 0.6) is 0 Å². The molecule has 0 radical (unpaired) electrons. The van der Waals surface area contributed by atoms with E-state index < -0.39 is 0 Å². The largest absolute Gasteiger partial charge is 0.416 e. The summed E-state index contributed by atoms with van der Waals surface area (Å²) in [6.45, 7) is 5.72. The number of thioether (sulfide) groups is 1. The standard InChI is InChI=1S/C10H10BrN3OS2/c1-6(11)4-17-10-14-13-9(15-10)3-8-5-16-7(2)12-8/h5H,1,3-4H2,2H3. The summed E-state index contributed by atoms with van der Waals surface area (Å²) < 4.78 is 6.39. The summed E-state index contributed by atoms with van der Waals surface area (Å²) in [7, 11) is 0. The summed E-state index contributed by atoms with van der Waals surface area (Å²) in [6, 6.07) is 0. The van der Waals surface area contributed by atoms with Crippen LogP contribution in [0.1, 0.15) is 16.6 Å². The van der Waals surface area contributed by atoms with Crippen molar-refractivity contribution in [3.05, 3.63) is 33.0 Å². The number of hydrogen-bond donors (Lipinski definition) is 0. The van der Waals surface area contributed by atoms with Crippen LogP contribution in [0.3, 0.4) is 0 Å². The smallest absolute Gasteiger partial charge is 0.276 e. The second-order valence-electron chi connectivity index (χ2n) is 3.30. The van der Waals surface area contributed by atoms with Crippen molar-refractivity contribution in [2.45, 2.75) is 18.6 Å². The van der Waals surface area contributed by atoms with Gasteiger partial charge < -0.3 is 4.42 Å². The average Bonchev–Trinajstić information content (AvgIpc) is 2.86. The molecular weight excluding hydrogens is 322 g/mol. The number of nitrogens with zero attached hydrogens (tertiary/aromatic N) is 3. The van der Waals surface area contributed by atoms with Gasteiger partial charge in [0.1, 0.15) is 0 Å². The van der Waals surface area contributed by atoms with Gasteiger partial charge in [0, 0.05) is 11.1 Å². The highest BCUT2D eigenvalue weighted by atomic mass is 79.9. The predicted octanol–water partition coefficient (Wildman–Crippen LogP) is 3.43.